The minimum atomic E-state index is -0.463. The molecule has 3 fully saturated rings. The molecule has 0 spiro atoms. The first-order chi connectivity index (χ1) is 18.0. The minimum absolute atomic E-state index is 0.211. The number of aryl methyl sites for hydroxylation is 2. The summed E-state index contributed by atoms with van der Waals surface area (Å²) in [6.45, 7) is 5.06. The van der Waals surface area contributed by atoms with Gasteiger partial charge in [-0.15, -0.1) is 0 Å². The molecule has 0 bridgehead atoms. The van der Waals surface area contributed by atoms with Crippen molar-refractivity contribution in [2.24, 2.45) is 13.0 Å². The Hall–Kier alpha value is -3.34. The molecule has 2 aliphatic heterocycles. The van der Waals surface area contributed by atoms with Crippen molar-refractivity contribution in [1.29, 1.82) is 0 Å². The maximum Gasteiger partial charge on any atom is 0.368 e. The van der Waals surface area contributed by atoms with Crippen LogP contribution in [0, 0.1) is 18.7 Å². The molecule has 1 aromatic carbocycles. The van der Waals surface area contributed by atoms with Gasteiger partial charge in [-0.05, 0) is 98.0 Å². The van der Waals surface area contributed by atoms with Gasteiger partial charge in [-0.2, -0.15) is 14.3 Å². The third-order valence-electron chi connectivity index (χ3n) is 8.09. The number of hydrogen-bond acceptors (Lipinski definition) is 8. The van der Waals surface area contributed by atoms with Crippen LogP contribution in [0.5, 0.6) is 0 Å². The van der Waals surface area contributed by atoms with E-state index in [4.69, 9.17) is 0 Å². The van der Waals surface area contributed by atoms with Gasteiger partial charge in [0.2, 0.25) is 5.95 Å². The highest BCUT2D eigenvalue weighted by Crippen LogP contribution is 2.44. The van der Waals surface area contributed by atoms with Crippen molar-refractivity contribution in [3.05, 3.63) is 45.8 Å². The van der Waals surface area contributed by atoms with E-state index in [-0.39, 0.29) is 11.5 Å². The number of benzene rings is 1. The number of anilines is 3. The lowest BCUT2D eigenvalue weighted by Gasteiger charge is -2.44. The largest absolute Gasteiger partial charge is 0.368 e. The first-order valence-electron chi connectivity index (χ1n) is 13.4. The zero-order valence-electron chi connectivity index (χ0n) is 21.5. The lowest BCUT2D eigenvalue weighted by molar-refractivity contribution is 0.0648. The molecule has 0 unspecified atom stereocenters. The fraction of sp³-hybridized carbons (Fsp3) is 0.577. The molecule has 10 nitrogen and oxygen atoms in total. The van der Waals surface area contributed by atoms with Crippen molar-refractivity contribution < 1.29 is 4.39 Å². The van der Waals surface area contributed by atoms with Gasteiger partial charge in [-0.3, -0.25) is 0 Å². The van der Waals surface area contributed by atoms with Gasteiger partial charge in [0.25, 0.3) is 0 Å². The standard InChI is InChI=1S/C26H34FN9O/c1-16-12-19(17-8-9-17)23(36-26(37)34(2)32-33-36)13-21(16)30-25-29-15-20(27)24(31-25)28-14-18-6-5-11-35-10-4-3-7-22(18)35/h12-13,15,17-18,22H,3-11,14H2,1-2H3,(H2,28,29,30,31)/t18-,22+/m0/s1. The average molecular weight is 508 g/mol. The number of piperidine rings is 2. The zero-order chi connectivity index (χ0) is 25.5. The normalized spacial score (nSPS) is 22.0. The van der Waals surface area contributed by atoms with E-state index in [1.807, 2.05) is 13.0 Å². The van der Waals surface area contributed by atoms with Crippen LogP contribution in [-0.4, -0.2) is 60.3 Å². The monoisotopic (exact) mass is 507 g/mol. The van der Waals surface area contributed by atoms with Crippen LogP contribution in [0.3, 0.4) is 0 Å². The summed E-state index contributed by atoms with van der Waals surface area (Å²) >= 11 is 0. The first kappa shape index (κ1) is 24.0. The van der Waals surface area contributed by atoms with Gasteiger partial charge in [-0.25, -0.2) is 14.2 Å². The molecule has 2 saturated heterocycles. The van der Waals surface area contributed by atoms with Crippen LogP contribution in [0.2, 0.25) is 0 Å². The highest BCUT2D eigenvalue weighted by atomic mass is 19.1. The van der Waals surface area contributed by atoms with Crippen molar-refractivity contribution in [2.75, 3.05) is 30.3 Å². The number of nitrogens with one attached hydrogen (secondary N) is 2. The first-order valence-corrected chi connectivity index (χ1v) is 13.4. The topological polar surface area (TPSA) is 106 Å². The van der Waals surface area contributed by atoms with Crippen molar-refractivity contribution >= 4 is 17.5 Å². The van der Waals surface area contributed by atoms with E-state index < -0.39 is 5.82 Å². The Kier molecular flexibility index (Phi) is 6.39. The molecule has 1 saturated carbocycles. The van der Waals surface area contributed by atoms with Crippen molar-refractivity contribution in [3.8, 4) is 5.69 Å². The molecule has 11 heteroatoms. The van der Waals surface area contributed by atoms with Gasteiger partial charge in [-0.1, -0.05) is 12.5 Å². The third-order valence-corrected chi connectivity index (χ3v) is 8.09. The molecule has 3 aromatic rings. The predicted octanol–water partition coefficient (Wildman–Crippen LogP) is 3.50. The third kappa shape index (κ3) is 4.84. The summed E-state index contributed by atoms with van der Waals surface area (Å²) in [6, 6.07) is 4.55. The molecule has 0 radical (unpaired) electrons. The Labute approximate surface area is 215 Å². The van der Waals surface area contributed by atoms with Crippen LogP contribution in [-0.2, 0) is 7.05 Å². The highest BCUT2D eigenvalue weighted by molar-refractivity contribution is 5.65. The SMILES string of the molecule is Cc1cc(C2CC2)c(-n2nnn(C)c2=O)cc1Nc1ncc(F)c(NC[C@@H]2CCCN3CCCC[C@H]23)n1. The van der Waals surface area contributed by atoms with Crippen LogP contribution < -0.4 is 16.3 Å². The van der Waals surface area contributed by atoms with Crippen molar-refractivity contribution in [1.82, 2.24) is 34.7 Å². The minimum Gasteiger partial charge on any atom is -0.367 e. The van der Waals surface area contributed by atoms with Crippen LogP contribution >= 0.6 is 0 Å². The van der Waals surface area contributed by atoms with Gasteiger partial charge in [0, 0.05) is 25.3 Å². The fourth-order valence-electron chi connectivity index (χ4n) is 5.94. The molecular formula is C26H34FN9O. The average Bonchev–Trinajstić information content (AvgIpc) is 3.70. The number of tetrazole rings is 1. The molecule has 37 heavy (non-hydrogen) atoms. The fourth-order valence-corrected chi connectivity index (χ4v) is 5.94. The van der Waals surface area contributed by atoms with Crippen LogP contribution in [0.25, 0.3) is 5.69 Å². The summed E-state index contributed by atoms with van der Waals surface area (Å²) in [6.07, 6.45) is 9.49. The van der Waals surface area contributed by atoms with E-state index in [0.29, 0.717) is 36.1 Å². The van der Waals surface area contributed by atoms with Gasteiger partial charge in [0.15, 0.2) is 11.6 Å². The summed E-state index contributed by atoms with van der Waals surface area (Å²) in [4.78, 5) is 23.9. The Morgan fingerprint density at radius 2 is 1.92 bits per heavy atom. The molecule has 2 atom stereocenters. The van der Waals surface area contributed by atoms with Gasteiger partial charge in [0.05, 0.1) is 11.9 Å². The van der Waals surface area contributed by atoms with E-state index in [0.717, 1.165) is 36.1 Å². The summed E-state index contributed by atoms with van der Waals surface area (Å²) in [7, 11) is 1.58. The maximum atomic E-state index is 14.7. The molecule has 0 amide bonds. The smallest absolute Gasteiger partial charge is 0.367 e. The number of aromatic nitrogens is 6. The number of hydrogen-bond donors (Lipinski definition) is 2. The molecule has 1 aliphatic carbocycles. The van der Waals surface area contributed by atoms with Crippen molar-refractivity contribution in [2.45, 2.75) is 63.8 Å². The molecule has 4 heterocycles. The van der Waals surface area contributed by atoms with Gasteiger partial charge < -0.3 is 15.5 Å². The quantitative estimate of drug-likeness (QED) is 0.501. The molecular weight excluding hydrogens is 473 g/mol. The summed E-state index contributed by atoms with van der Waals surface area (Å²) < 4.78 is 17.2. The zero-order valence-corrected chi connectivity index (χ0v) is 21.5. The van der Waals surface area contributed by atoms with Crippen LogP contribution in [0.15, 0.2) is 23.1 Å². The number of nitrogens with zero attached hydrogens (tertiary/aromatic N) is 7. The van der Waals surface area contributed by atoms with E-state index in [1.165, 1.54) is 54.3 Å². The van der Waals surface area contributed by atoms with Crippen LogP contribution in [0.4, 0.5) is 21.8 Å². The Bertz CT molecular complexity index is 1350. The van der Waals surface area contributed by atoms with Gasteiger partial charge >= 0.3 is 5.69 Å². The van der Waals surface area contributed by atoms with E-state index in [9.17, 15) is 9.18 Å². The summed E-state index contributed by atoms with van der Waals surface area (Å²) in [5, 5.41) is 14.4. The van der Waals surface area contributed by atoms with Crippen LogP contribution in [0.1, 0.15) is 62.0 Å². The number of fused-ring (bicyclic) bond motifs is 1. The molecule has 2 aromatic heterocycles. The predicted molar refractivity (Wildman–Crippen MR) is 139 cm³/mol. The second kappa shape index (κ2) is 9.85. The molecule has 196 valence electrons. The maximum absolute atomic E-state index is 14.7. The Morgan fingerprint density at radius 3 is 2.70 bits per heavy atom. The Morgan fingerprint density at radius 1 is 1.08 bits per heavy atom. The number of halogens is 1. The van der Waals surface area contributed by atoms with E-state index in [1.54, 1.807) is 7.05 Å². The van der Waals surface area contributed by atoms with E-state index >= 15 is 0 Å². The van der Waals surface area contributed by atoms with E-state index in [2.05, 4.69) is 42.0 Å². The lowest BCUT2D eigenvalue weighted by Crippen LogP contribution is -2.49. The van der Waals surface area contributed by atoms with Gasteiger partial charge in [0.1, 0.15) is 0 Å². The lowest BCUT2D eigenvalue weighted by atomic mass is 9.83. The van der Waals surface area contributed by atoms with Crippen molar-refractivity contribution in [3.63, 3.8) is 0 Å². The Balaban J connectivity index is 1.23. The highest BCUT2D eigenvalue weighted by Gasteiger charge is 2.33. The summed E-state index contributed by atoms with van der Waals surface area (Å²) in [5.41, 5.74) is 3.20. The molecule has 2 N–H and O–H groups in total. The second-order valence-corrected chi connectivity index (χ2v) is 10.7. The molecule has 6 rings (SSSR count). The number of rotatable bonds is 7. The molecule has 3 aliphatic rings. The summed E-state index contributed by atoms with van der Waals surface area (Å²) in [5.74, 6) is 0.948. The second-order valence-electron chi connectivity index (χ2n) is 10.7.